The molecule has 112 valence electrons. The molecule has 21 heavy (non-hydrogen) atoms. The minimum atomic E-state index is -0.451. The number of hydrogen-bond donors (Lipinski definition) is 0. The Bertz CT molecular complexity index is 572. The fourth-order valence-electron chi connectivity index (χ4n) is 2.03. The van der Waals surface area contributed by atoms with Gasteiger partial charge in [0.15, 0.2) is 0 Å². The Morgan fingerprint density at radius 1 is 1.33 bits per heavy atom. The zero-order valence-corrected chi connectivity index (χ0v) is 12.9. The van der Waals surface area contributed by atoms with E-state index in [1.807, 2.05) is 0 Å². The first kappa shape index (κ1) is 15.9. The normalized spacial score (nSPS) is 15.0. The Labute approximate surface area is 133 Å². The summed E-state index contributed by atoms with van der Waals surface area (Å²) in [7, 11) is 0. The molecule has 0 bridgehead atoms. The van der Waals surface area contributed by atoms with Gasteiger partial charge in [-0.15, -0.1) is 0 Å². The molecule has 6 heteroatoms. The van der Waals surface area contributed by atoms with Gasteiger partial charge in [-0.25, -0.2) is 4.79 Å². The number of rotatable bonds is 5. The van der Waals surface area contributed by atoms with Crippen LogP contribution in [0.25, 0.3) is 6.08 Å². The van der Waals surface area contributed by atoms with E-state index in [4.69, 9.17) is 27.9 Å². The standard InChI is InChI=1S/C15H15Cl2NO3/c16-12-5-3-11(10-13(12)17)4-6-15(20)21-9-8-18-7-1-2-14(18)19/h3-6,10H,1-2,7-9H2. The van der Waals surface area contributed by atoms with Crippen molar-refractivity contribution in [2.45, 2.75) is 12.8 Å². The van der Waals surface area contributed by atoms with E-state index < -0.39 is 5.97 Å². The first-order chi connectivity index (χ1) is 10.1. The van der Waals surface area contributed by atoms with Crippen LogP contribution in [0.4, 0.5) is 0 Å². The van der Waals surface area contributed by atoms with Crippen molar-refractivity contribution in [2.24, 2.45) is 0 Å². The first-order valence-corrected chi connectivity index (χ1v) is 7.39. The molecule has 1 saturated heterocycles. The van der Waals surface area contributed by atoms with Crippen LogP contribution in [0.5, 0.6) is 0 Å². The molecule has 1 aliphatic heterocycles. The van der Waals surface area contributed by atoms with Crippen molar-refractivity contribution in [1.29, 1.82) is 0 Å². The van der Waals surface area contributed by atoms with Gasteiger partial charge in [0.05, 0.1) is 16.6 Å². The van der Waals surface area contributed by atoms with Crippen LogP contribution >= 0.6 is 23.2 Å². The maximum absolute atomic E-state index is 11.6. The number of likely N-dealkylation sites (tertiary alicyclic amines) is 1. The summed E-state index contributed by atoms with van der Waals surface area (Å²) in [6.07, 6.45) is 4.39. The van der Waals surface area contributed by atoms with Gasteiger partial charge in [0.1, 0.15) is 6.61 Å². The van der Waals surface area contributed by atoms with E-state index in [1.165, 1.54) is 6.08 Å². The molecule has 2 rings (SSSR count). The van der Waals surface area contributed by atoms with E-state index in [9.17, 15) is 9.59 Å². The number of amides is 1. The van der Waals surface area contributed by atoms with Crippen molar-refractivity contribution in [3.05, 3.63) is 39.9 Å². The molecule has 0 atom stereocenters. The summed E-state index contributed by atoms with van der Waals surface area (Å²) >= 11 is 11.7. The summed E-state index contributed by atoms with van der Waals surface area (Å²) in [5.41, 5.74) is 0.760. The highest BCUT2D eigenvalue weighted by Gasteiger charge is 2.19. The Morgan fingerprint density at radius 3 is 2.81 bits per heavy atom. The van der Waals surface area contributed by atoms with Crippen LogP contribution in [-0.4, -0.2) is 36.5 Å². The van der Waals surface area contributed by atoms with Crippen LogP contribution in [0.2, 0.25) is 10.0 Å². The molecule has 0 saturated carbocycles. The Kier molecular flexibility index (Phi) is 5.65. The summed E-state index contributed by atoms with van der Waals surface area (Å²) in [5, 5.41) is 0.895. The molecule has 1 aliphatic rings. The van der Waals surface area contributed by atoms with Crippen molar-refractivity contribution in [3.8, 4) is 0 Å². The Balaban J connectivity index is 1.77. The molecular formula is C15H15Cl2NO3. The second-order valence-electron chi connectivity index (χ2n) is 4.66. The van der Waals surface area contributed by atoms with Crippen molar-refractivity contribution in [3.63, 3.8) is 0 Å². The largest absolute Gasteiger partial charge is 0.461 e. The summed E-state index contributed by atoms with van der Waals surface area (Å²) < 4.78 is 5.05. The molecule has 1 amide bonds. The molecule has 0 aromatic heterocycles. The quantitative estimate of drug-likeness (QED) is 0.616. The minimum absolute atomic E-state index is 0.123. The van der Waals surface area contributed by atoms with Gasteiger partial charge < -0.3 is 9.64 Å². The molecule has 0 spiro atoms. The molecular weight excluding hydrogens is 313 g/mol. The fraction of sp³-hybridized carbons (Fsp3) is 0.333. The summed E-state index contributed by atoms with van der Waals surface area (Å²) in [6.45, 7) is 1.40. The van der Waals surface area contributed by atoms with Crippen LogP contribution in [0.15, 0.2) is 24.3 Å². The molecule has 1 heterocycles. The summed E-state index contributed by atoms with van der Waals surface area (Å²) in [4.78, 5) is 24.6. The second kappa shape index (κ2) is 7.48. The van der Waals surface area contributed by atoms with Crippen LogP contribution in [-0.2, 0) is 14.3 Å². The number of ether oxygens (including phenoxy) is 1. The predicted octanol–water partition coefficient (Wildman–Crippen LogP) is 3.17. The minimum Gasteiger partial charge on any atom is -0.461 e. The van der Waals surface area contributed by atoms with Crippen LogP contribution in [0.1, 0.15) is 18.4 Å². The van der Waals surface area contributed by atoms with E-state index >= 15 is 0 Å². The molecule has 0 aliphatic carbocycles. The van der Waals surface area contributed by atoms with Gasteiger partial charge in [-0.1, -0.05) is 29.3 Å². The average molecular weight is 328 g/mol. The Morgan fingerprint density at radius 2 is 2.14 bits per heavy atom. The number of nitrogens with zero attached hydrogens (tertiary/aromatic N) is 1. The van der Waals surface area contributed by atoms with E-state index in [2.05, 4.69) is 0 Å². The number of hydrogen-bond acceptors (Lipinski definition) is 3. The van der Waals surface area contributed by atoms with E-state index in [0.29, 0.717) is 23.0 Å². The van der Waals surface area contributed by atoms with E-state index in [-0.39, 0.29) is 12.5 Å². The number of carbonyl (C=O) groups excluding carboxylic acids is 2. The lowest BCUT2D eigenvalue weighted by Crippen LogP contribution is -2.29. The zero-order chi connectivity index (χ0) is 15.2. The lowest BCUT2D eigenvalue weighted by molar-refractivity contribution is -0.139. The molecule has 4 nitrogen and oxygen atoms in total. The van der Waals surface area contributed by atoms with Crippen LogP contribution < -0.4 is 0 Å². The lowest BCUT2D eigenvalue weighted by Gasteiger charge is -2.14. The number of halogens is 2. The van der Waals surface area contributed by atoms with Gasteiger partial charge in [0.25, 0.3) is 0 Å². The highest BCUT2D eigenvalue weighted by molar-refractivity contribution is 6.42. The maximum Gasteiger partial charge on any atom is 0.330 e. The smallest absolute Gasteiger partial charge is 0.330 e. The molecule has 0 radical (unpaired) electrons. The van der Waals surface area contributed by atoms with Crippen molar-refractivity contribution in [1.82, 2.24) is 4.90 Å². The van der Waals surface area contributed by atoms with Gasteiger partial charge in [0, 0.05) is 19.0 Å². The van der Waals surface area contributed by atoms with Gasteiger partial charge in [-0.05, 0) is 30.2 Å². The highest BCUT2D eigenvalue weighted by atomic mass is 35.5. The average Bonchev–Trinajstić information content (AvgIpc) is 2.86. The fourth-order valence-corrected chi connectivity index (χ4v) is 2.33. The van der Waals surface area contributed by atoms with Gasteiger partial charge in [0.2, 0.25) is 5.91 Å². The van der Waals surface area contributed by atoms with Gasteiger partial charge in [-0.2, -0.15) is 0 Å². The Hall–Kier alpha value is -1.52. The van der Waals surface area contributed by atoms with Crippen LogP contribution in [0.3, 0.4) is 0 Å². The third-order valence-corrected chi connectivity index (χ3v) is 3.87. The summed E-state index contributed by atoms with van der Waals surface area (Å²) in [5.74, 6) is -0.329. The van der Waals surface area contributed by atoms with Gasteiger partial charge >= 0.3 is 5.97 Å². The SMILES string of the molecule is O=C(C=Cc1ccc(Cl)c(Cl)c1)OCCN1CCCC1=O. The van der Waals surface area contributed by atoms with Crippen molar-refractivity contribution >= 4 is 41.2 Å². The molecule has 1 aromatic rings. The van der Waals surface area contributed by atoms with E-state index in [1.54, 1.807) is 29.2 Å². The highest BCUT2D eigenvalue weighted by Crippen LogP contribution is 2.23. The third kappa shape index (κ3) is 4.76. The topological polar surface area (TPSA) is 46.6 Å². The zero-order valence-electron chi connectivity index (χ0n) is 11.4. The monoisotopic (exact) mass is 327 g/mol. The lowest BCUT2D eigenvalue weighted by atomic mass is 10.2. The second-order valence-corrected chi connectivity index (χ2v) is 5.47. The van der Waals surface area contributed by atoms with Crippen molar-refractivity contribution < 1.29 is 14.3 Å². The number of benzene rings is 1. The number of esters is 1. The van der Waals surface area contributed by atoms with Gasteiger partial charge in [-0.3, -0.25) is 4.79 Å². The molecule has 1 aromatic carbocycles. The third-order valence-electron chi connectivity index (χ3n) is 3.13. The molecule has 0 unspecified atom stereocenters. The molecule has 0 N–H and O–H groups in total. The van der Waals surface area contributed by atoms with Crippen LogP contribution in [0, 0.1) is 0 Å². The predicted molar refractivity (Wildman–Crippen MR) is 82.3 cm³/mol. The summed E-state index contributed by atoms with van der Waals surface area (Å²) in [6, 6.07) is 5.07. The van der Waals surface area contributed by atoms with E-state index in [0.717, 1.165) is 18.5 Å². The van der Waals surface area contributed by atoms with Crippen molar-refractivity contribution in [2.75, 3.05) is 19.7 Å². The maximum atomic E-state index is 11.6. The number of carbonyl (C=O) groups is 2. The molecule has 1 fully saturated rings. The first-order valence-electron chi connectivity index (χ1n) is 6.64.